The molecule has 2 rings (SSSR count). The second kappa shape index (κ2) is 5.12. The van der Waals surface area contributed by atoms with Crippen LogP contribution in [0.5, 0.6) is 0 Å². The number of aliphatic hydroxyl groups is 1. The van der Waals surface area contributed by atoms with Crippen LogP contribution in [-0.2, 0) is 6.61 Å². The number of halogens is 6. The molecule has 0 radical (unpaired) electrons. The van der Waals surface area contributed by atoms with Crippen molar-refractivity contribution in [3.05, 3.63) is 52.7 Å². The van der Waals surface area contributed by atoms with Crippen molar-refractivity contribution in [2.45, 2.75) is 6.61 Å². The van der Waals surface area contributed by atoms with Crippen LogP contribution in [0.3, 0.4) is 0 Å². The Morgan fingerprint density at radius 3 is 1.75 bits per heavy atom. The van der Waals surface area contributed by atoms with Crippen molar-refractivity contribution in [3.8, 4) is 11.3 Å². The molecule has 1 heterocycles. The molecule has 0 unspecified atom stereocenters. The maximum Gasteiger partial charge on any atom is 0.218 e. The normalized spacial score (nSPS) is 10.9. The van der Waals surface area contributed by atoms with Crippen LogP contribution < -0.4 is 0 Å². The first-order chi connectivity index (χ1) is 9.38. The van der Waals surface area contributed by atoms with E-state index in [1.807, 2.05) is 0 Å². The summed E-state index contributed by atoms with van der Waals surface area (Å²) in [7, 11) is 0. The highest BCUT2D eigenvalue weighted by atomic mass is 19.2. The zero-order valence-electron chi connectivity index (χ0n) is 9.52. The van der Waals surface area contributed by atoms with E-state index >= 15 is 0 Å². The highest BCUT2D eigenvalue weighted by molar-refractivity contribution is 5.61. The van der Waals surface area contributed by atoms with E-state index in [2.05, 4.69) is 4.98 Å². The summed E-state index contributed by atoms with van der Waals surface area (Å²) in [5, 5.41) is 8.72. The third-order valence-electron chi connectivity index (χ3n) is 2.56. The van der Waals surface area contributed by atoms with Crippen molar-refractivity contribution in [3.63, 3.8) is 0 Å². The van der Waals surface area contributed by atoms with Gasteiger partial charge in [0.1, 0.15) is 0 Å². The van der Waals surface area contributed by atoms with Gasteiger partial charge in [0.15, 0.2) is 23.3 Å². The Labute approximate surface area is 108 Å². The van der Waals surface area contributed by atoms with Crippen LogP contribution in [0.2, 0.25) is 0 Å². The topological polar surface area (TPSA) is 33.1 Å². The van der Waals surface area contributed by atoms with Crippen molar-refractivity contribution in [2.75, 3.05) is 0 Å². The fourth-order valence-electron chi connectivity index (χ4n) is 1.55. The molecule has 1 N–H and O–H groups in total. The van der Waals surface area contributed by atoms with Gasteiger partial charge in [-0.2, -0.15) is 4.39 Å². The molecule has 106 valence electrons. The molecule has 2 nitrogen and oxygen atoms in total. The van der Waals surface area contributed by atoms with E-state index in [1.54, 1.807) is 0 Å². The summed E-state index contributed by atoms with van der Waals surface area (Å²) in [6.45, 7) is -0.726. The predicted molar refractivity (Wildman–Crippen MR) is 55.3 cm³/mol. The van der Waals surface area contributed by atoms with Crippen LogP contribution in [-0.4, -0.2) is 10.1 Å². The summed E-state index contributed by atoms with van der Waals surface area (Å²) >= 11 is 0. The van der Waals surface area contributed by atoms with Gasteiger partial charge in [-0.3, -0.25) is 0 Å². The Balaban J connectivity index is 2.73. The number of hydrogen-bond acceptors (Lipinski definition) is 2. The van der Waals surface area contributed by atoms with E-state index < -0.39 is 52.9 Å². The van der Waals surface area contributed by atoms with Gasteiger partial charge in [0.2, 0.25) is 11.8 Å². The molecule has 0 spiro atoms. The second-order valence-electron chi connectivity index (χ2n) is 3.75. The van der Waals surface area contributed by atoms with Gasteiger partial charge in [-0.25, -0.2) is 26.9 Å². The number of aliphatic hydroxyl groups excluding tert-OH is 1. The molecule has 2 aromatic rings. The van der Waals surface area contributed by atoms with Crippen LogP contribution >= 0.6 is 0 Å². The van der Waals surface area contributed by atoms with E-state index in [9.17, 15) is 26.3 Å². The number of hydrogen-bond donors (Lipinski definition) is 1. The van der Waals surface area contributed by atoms with Crippen LogP contribution in [0, 0.1) is 35.0 Å². The smallest absolute Gasteiger partial charge is 0.218 e. The zero-order chi connectivity index (χ0) is 15.0. The molecule has 0 aliphatic heterocycles. The fraction of sp³-hybridized carbons (Fsp3) is 0.0833. The maximum atomic E-state index is 13.5. The highest BCUT2D eigenvalue weighted by Gasteiger charge is 2.27. The summed E-state index contributed by atoms with van der Waals surface area (Å²) in [6.07, 6.45) is 0. The minimum atomic E-state index is -2.31. The molecule has 0 aliphatic carbocycles. The minimum absolute atomic E-state index is 0.280. The summed E-state index contributed by atoms with van der Waals surface area (Å²) in [5.74, 6) is -12.1. The van der Waals surface area contributed by atoms with Crippen molar-refractivity contribution >= 4 is 0 Å². The third kappa shape index (κ3) is 2.11. The third-order valence-corrected chi connectivity index (χ3v) is 2.56. The van der Waals surface area contributed by atoms with E-state index in [0.29, 0.717) is 0 Å². The molecule has 8 heteroatoms. The Morgan fingerprint density at radius 2 is 1.30 bits per heavy atom. The van der Waals surface area contributed by atoms with Crippen LogP contribution in [0.1, 0.15) is 5.56 Å². The Morgan fingerprint density at radius 1 is 0.800 bits per heavy atom. The molecule has 1 aromatic heterocycles. The molecule has 0 fully saturated rings. The van der Waals surface area contributed by atoms with Gasteiger partial charge in [0, 0.05) is 5.56 Å². The monoisotopic (exact) mass is 293 g/mol. The van der Waals surface area contributed by atoms with Gasteiger partial charge in [-0.05, 0) is 12.1 Å². The van der Waals surface area contributed by atoms with Gasteiger partial charge in [-0.1, -0.05) is 0 Å². The predicted octanol–water partition coefficient (Wildman–Crippen LogP) is 3.08. The van der Waals surface area contributed by atoms with Crippen molar-refractivity contribution in [2.24, 2.45) is 0 Å². The summed E-state index contributed by atoms with van der Waals surface area (Å²) < 4.78 is 79.1. The lowest BCUT2D eigenvalue weighted by atomic mass is 10.1. The molecule has 0 saturated heterocycles. The minimum Gasteiger partial charge on any atom is -0.392 e. The maximum absolute atomic E-state index is 13.5. The molecule has 0 bridgehead atoms. The largest absolute Gasteiger partial charge is 0.392 e. The van der Waals surface area contributed by atoms with Crippen LogP contribution in [0.15, 0.2) is 12.1 Å². The van der Waals surface area contributed by atoms with E-state index in [-0.39, 0.29) is 5.56 Å². The van der Waals surface area contributed by atoms with Gasteiger partial charge in [0.05, 0.1) is 17.9 Å². The number of pyridine rings is 1. The van der Waals surface area contributed by atoms with Crippen molar-refractivity contribution < 1.29 is 31.4 Å². The number of benzene rings is 1. The summed E-state index contributed by atoms with van der Waals surface area (Å²) in [6, 6.07) is 1.77. The van der Waals surface area contributed by atoms with Crippen LogP contribution in [0.25, 0.3) is 11.3 Å². The highest BCUT2D eigenvalue weighted by Crippen LogP contribution is 2.30. The quantitative estimate of drug-likeness (QED) is 0.399. The Hall–Kier alpha value is -2.09. The standard InChI is InChI=1S/C12H5F6NO/c13-7-6(8(14)10(16)11(17)9(7)15)5-2-1-4(3-20)12(18)19-5/h1-2,20H,3H2. The van der Waals surface area contributed by atoms with Gasteiger partial charge in [0.25, 0.3) is 0 Å². The first-order valence-electron chi connectivity index (χ1n) is 5.16. The first-order valence-corrected chi connectivity index (χ1v) is 5.16. The number of rotatable bonds is 2. The lowest BCUT2D eigenvalue weighted by Crippen LogP contribution is -2.06. The summed E-state index contributed by atoms with van der Waals surface area (Å²) in [5.41, 5.74) is -2.38. The van der Waals surface area contributed by atoms with Gasteiger partial charge in [-0.15, -0.1) is 0 Å². The summed E-state index contributed by atoms with van der Waals surface area (Å²) in [4.78, 5) is 3.09. The Kier molecular flexibility index (Phi) is 3.67. The molecule has 20 heavy (non-hydrogen) atoms. The lowest BCUT2D eigenvalue weighted by Gasteiger charge is -2.08. The molecule has 0 saturated carbocycles. The first kappa shape index (κ1) is 14.3. The fourth-order valence-corrected chi connectivity index (χ4v) is 1.55. The SMILES string of the molecule is OCc1ccc(-c2c(F)c(F)c(F)c(F)c2F)nc1F. The molecule has 0 atom stereocenters. The molecular formula is C12H5F6NO. The Bertz CT molecular complexity index is 659. The van der Waals surface area contributed by atoms with Crippen molar-refractivity contribution in [1.29, 1.82) is 0 Å². The average molecular weight is 293 g/mol. The number of nitrogens with zero attached hydrogens (tertiary/aromatic N) is 1. The molecule has 0 aliphatic rings. The van der Waals surface area contributed by atoms with E-state index in [4.69, 9.17) is 5.11 Å². The molecule has 0 amide bonds. The van der Waals surface area contributed by atoms with E-state index in [0.717, 1.165) is 12.1 Å². The average Bonchev–Trinajstić information content (AvgIpc) is 2.43. The number of aromatic nitrogens is 1. The van der Waals surface area contributed by atoms with Crippen molar-refractivity contribution in [1.82, 2.24) is 4.98 Å². The van der Waals surface area contributed by atoms with Gasteiger partial charge < -0.3 is 5.11 Å². The molecular weight excluding hydrogens is 288 g/mol. The zero-order valence-corrected chi connectivity index (χ0v) is 9.52. The van der Waals surface area contributed by atoms with Crippen LogP contribution in [0.4, 0.5) is 26.3 Å². The second-order valence-corrected chi connectivity index (χ2v) is 3.75. The molecule has 1 aromatic carbocycles. The van der Waals surface area contributed by atoms with E-state index in [1.165, 1.54) is 0 Å². The lowest BCUT2D eigenvalue weighted by molar-refractivity contribution is 0.274. The van der Waals surface area contributed by atoms with Gasteiger partial charge >= 0.3 is 0 Å².